The molecule has 2 aromatic carbocycles. The van der Waals surface area contributed by atoms with Crippen LogP contribution in [0.25, 0.3) is 0 Å². The standard InChI is InChI=1S/C25H30N4O9/c1-14(24(32)28-20(30)12-35-17-7-5-16(26)6-8-17)23(22(27)25(33)34-2)29-38-21(31)10-4-15-3-9-18-19(11-15)37-13-36-18/h3,5-9,11,14,22-23,29H,4,10,12-13,26-27H2,1-2H3,(H,28,30,32)/t14?,22-,23?/m0/s1. The number of methoxy groups -OCH3 is 1. The molecule has 2 amide bonds. The van der Waals surface area contributed by atoms with Gasteiger partial charge in [-0.15, -0.1) is 5.48 Å². The number of esters is 1. The minimum absolute atomic E-state index is 0.0195. The first-order valence-corrected chi connectivity index (χ1v) is 11.7. The second-order valence-corrected chi connectivity index (χ2v) is 8.41. The summed E-state index contributed by atoms with van der Waals surface area (Å²) in [5.74, 6) is -2.51. The molecule has 3 atom stereocenters. The number of anilines is 1. The number of benzene rings is 2. The van der Waals surface area contributed by atoms with Crippen molar-refractivity contribution in [2.75, 3.05) is 26.2 Å². The van der Waals surface area contributed by atoms with E-state index in [1.807, 2.05) is 0 Å². The van der Waals surface area contributed by atoms with Crippen LogP contribution in [-0.4, -0.2) is 56.3 Å². The minimum atomic E-state index is -1.39. The van der Waals surface area contributed by atoms with Gasteiger partial charge in [0, 0.05) is 5.69 Å². The molecule has 2 aromatic rings. The van der Waals surface area contributed by atoms with Crippen LogP contribution in [0.3, 0.4) is 0 Å². The van der Waals surface area contributed by atoms with Gasteiger partial charge in [-0.1, -0.05) is 13.0 Å². The van der Waals surface area contributed by atoms with E-state index in [0.717, 1.165) is 12.7 Å². The molecular formula is C25H30N4O9. The van der Waals surface area contributed by atoms with Crippen molar-refractivity contribution in [3.05, 3.63) is 48.0 Å². The van der Waals surface area contributed by atoms with Crippen LogP contribution in [0.4, 0.5) is 5.69 Å². The number of nitrogen functional groups attached to an aromatic ring is 1. The lowest BCUT2D eigenvalue weighted by molar-refractivity contribution is -0.159. The van der Waals surface area contributed by atoms with Crippen molar-refractivity contribution in [2.24, 2.45) is 11.7 Å². The molecule has 13 nitrogen and oxygen atoms in total. The number of aryl methyl sites for hydroxylation is 1. The highest BCUT2D eigenvalue weighted by Crippen LogP contribution is 2.32. The fraction of sp³-hybridized carbons (Fsp3) is 0.360. The highest BCUT2D eigenvalue weighted by molar-refractivity contribution is 5.97. The number of carbonyl (C=O) groups excluding carboxylic acids is 4. The Kier molecular flexibility index (Phi) is 9.85. The second kappa shape index (κ2) is 13.3. The van der Waals surface area contributed by atoms with Crippen LogP contribution in [0.1, 0.15) is 18.9 Å². The predicted molar refractivity (Wildman–Crippen MR) is 133 cm³/mol. The Balaban J connectivity index is 1.52. The molecule has 0 aliphatic carbocycles. The van der Waals surface area contributed by atoms with Gasteiger partial charge in [-0.25, -0.2) is 0 Å². The van der Waals surface area contributed by atoms with Crippen LogP contribution in [0.5, 0.6) is 17.2 Å². The van der Waals surface area contributed by atoms with Gasteiger partial charge in [0.05, 0.1) is 25.5 Å². The lowest BCUT2D eigenvalue weighted by Gasteiger charge is -2.27. The summed E-state index contributed by atoms with van der Waals surface area (Å²) in [6.45, 7) is 1.10. The Morgan fingerprint density at radius 1 is 1.05 bits per heavy atom. The Morgan fingerprint density at radius 3 is 2.47 bits per heavy atom. The quantitative estimate of drug-likeness (QED) is 0.166. The van der Waals surface area contributed by atoms with E-state index in [1.165, 1.54) is 6.92 Å². The molecule has 1 aliphatic heterocycles. The van der Waals surface area contributed by atoms with Crippen molar-refractivity contribution in [3.63, 3.8) is 0 Å². The van der Waals surface area contributed by atoms with Gasteiger partial charge < -0.3 is 35.3 Å². The zero-order chi connectivity index (χ0) is 27.7. The number of rotatable bonds is 12. The molecule has 0 saturated heterocycles. The summed E-state index contributed by atoms with van der Waals surface area (Å²) in [7, 11) is 1.12. The van der Waals surface area contributed by atoms with Crippen molar-refractivity contribution < 1.29 is 43.0 Å². The molecule has 0 radical (unpaired) electrons. The molecule has 0 aromatic heterocycles. The lowest BCUT2D eigenvalue weighted by atomic mass is 9.95. The van der Waals surface area contributed by atoms with Gasteiger partial charge in [-0.2, -0.15) is 0 Å². The van der Waals surface area contributed by atoms with E-state index >= 15 is 0 Å². The number of carbonyl (C=O) groups is 4. The third-order valence-corrected chi connectivity index (χ3v) is 5.69. The second-order valence-electron chi connectivity index (χ2n) is 8.41. The van der Waals surface area contributed by atoms with E-state index in [1.54, 1.807) is 42.5 Å². The molecule has 204 valence electrons. The molecule has 0 bridgehead atoms. The van der Waals surface area contributed by atoms with Gasteiger partial charge in [0.15, 0.2) is 18.1 Å². The highest BCUT2D eigenvalue weighted by atomic mass is 16.7. The third-order valence-electron chi connectivity index (χ3n) is 5.69. The summed E-state index contributed by atoms with van der Waals surface area (Å²) in [6.07, 6.45) is 0.317. The SMILES string of the molecule is COC(=O)[C@@H](N)C(NOC(=O)CCc1ccc2c(c1)OCO2)C(C)C(=O)NC(=O)COc1ccc(N)cc1. The van der Waals surface area contributed by atoms with Gasteiger partial charge in [0.25, 0.3) is 5.91 Å². The van der Waals surface area contributed by atoms with Gasteiger partial charge in [-0.3, -0.25) is 24.5 Å². The molecule has 0 fully saturated rings. The molecule has 38 heavy (non-hydrogen) atoms. The maximum Gasteiger partial charge on any atom is 0.325 e. The van der Waals surface area contributed by atoms with Crippen molar-refractivity contribution in [1.82, 2.24) is 10.8 Å². The van der Waals surface area contributed by atoms with E-state index in [0.29, 0.717) is 29.4 Å². The first-order chi connectivity index (χ1) is 18.2. The van der Waals surface area contributed by atoms with Crippen LogP contribution in [0.2, 0.25) is 0 Å². The monoisotopic (exact) mass is 530 g/mol. The van der Waals surface area contributed by atoms with Crippen molar-refractivity contribution >= 4 is 29.4 Å². The summed E-state index contributed by atoms with van der Waals surface area (Å²) >= 11 is 0. The van der Waals surface area contributed by atoms with E-state index in [4.69, 9.17) is 30.5 Å². The Bertz CT molecular complexity index is 1160. The molecule has 2 unspecified atom stereocenters. The minimum Gasteiger partial charge on any atom is -0.484 e. The van der Waals surface area contributed by atoms with Crippen LogP contribution >= 0.6 is 0 Å². The van der Waals surface area contributed by atoms with Crippen LogP contribution in [-0.2, 0) is 35.2 Å². The largest absolute Gasteiger partial charge is 0.484 e. The molecule has 0 spiro atoms. The fourth-order valence-corrected chi connectivity index (χ4v) is 3.46. The average Bonchev–Trinajstić information content (AvgIpc) is 3.39. The third kappa shape index (κ3) is 7.82. The predicted octanol–water partition coefficient (Wildman–Crippen LogP) is 0.205. The number of ether oxygens (including phenoxy) is 4. The summed E-state index contributed by atoms with van der Waals surface area (Å²) < 4.78 is 20.5. The molecule has 0 saturated carbocycles. The van der Waals surface area contributed by atoms with Crippen LogP contribution in [0, 0.1) is 5.92 Å². The van der Waals surface area contributed by atoms with Gasteiger partial charge in [0.2, 0.25) is 12.7 Å². The summed E-state index contributed by atoms with van der Waals surface area (Å²) in [5.41, 5.74) is 15.3. The Labute approximate surface area is 218 Å². The molecular weight excluding hydrogens is 500 g/mol. The van der Waals surface area contributed by atoms with Crippen molar-refractivity contribution in [2.45, 2.75) is 31.8 Å². The first-order valence-electron chi connectivity index (χ1n) is 11.7. The number of hydroxylamine groups is 1. The molecule has 13 heteroatoms. The van der Waals surface area contributed by atoms with E-state index in [-0.39, 0.29) is 13.2 Å². The number of fused-ring (bicyclic) bond motifs is 1. The number of hydrogen-bond acceptors (Lipinski definition) is 12. The maximum absolute atomic E-state index is 12.7. The average molecular weight is 531 g/mol. The molecule has 3 rings (SSSR count). The molecule has 1 heterocycles. The first kappa shape index (κ1) is 28.2. The van der Waals surface area contributed by atoms with Crippen molar-refractivity contribution in [1.29, 1.82) is 0 Å². The van der Waals surface area contributed by atoms with E-state index in [9.17, 15) is 19.2 Å². The number of nitrogens with one attached hydrogen (secondary N) is 2. The van der Waals surface area contributed by atoms with Gasteiger partial charge in [0.1, 0.15) is 11.8 Å². The summed E-state index contributed by atoms with van der Waals surface area (Å²) in [4.78, 5) is 54.4. The van der Waals surface area contributed by atoms with E-state index < -0.39 is 48.4 Å². The Hall–Kier alpha value is -4.36. The number of amides is 2. The maximum atomic E-state index is 12.7. The van der Waals surface area contributed by atoms with Crippen molar-refractivity contribution in [3.8, 4) is 17.2 Å². The number of hydrogen-bond donors (Lipinski definition) is 4. The number of nitrogens with two attached hydrogens (primary N) is 2. The summed E-state index contributed by atoms with van der Waals surface area (Å²) in [5, 5.41) is 2.17. The molecule has 6 N–H and O–H groups in total. The lowest BCUT2D eigenvalue weighted by Crippen LogP contribution is -2.57. The smallest absolute Gasteiger partial charge is 0.325 e. The zero-order valence-electron chi connectivity index (χ0n) is 20.9. The van der Waals surface area contributed by atoms with Crippen LogP contribution in [0.15, 0.2) is 42.5 Å². The van der Waals surface area contributed by atoms with Gasteiger partial charge in [-0.05, 0) is 48.4 Å². The Morgan fingerprint density at radius 2 is 1.76 bits per heavy atom. The highest BCUT2D eigenvalue weighted by Gasteiger charge is 2.35. The fourth-order valence-electron chi connectivity index (χ4n) is 3.46. The normalized spacial score (nSPS) is 14.1. The van der Waals surface area contributed by atoms with E-state index in [2.05, 4.69) is 15.5 Å². The zero-order valence-corrected chi connectivity index (χ0v) is 20.9. The van der Waals surface area contributed by atoms with Gasteiger partial charge >= 0.3 is 11.9 Å². The molecule has 1 aliphatic rings. The number of imide groups is 1. The van der Waals surface area contributed by atoms with Crippen LogP contribution < -0.4 is 36.5 Å². The topological polar surface area (TPSA) is 191 Å². The summed E-state index contributed by atoms with van der Waals surface area (Å²) in [6, 6.07) is 9.06.